The van der Waals surface area contributed by atoms with Crippen molar-refractivity contribution in [2.24, 2.45) is 0 Å². The van der Waals surface area contributed by atoms with Gasteiger partial charge >= 0.3 is 0 Å². The highest BCUT2D eigenvalue weighted by Crippen LogP contribution is 2.28. The Morgan fingerprint density at radius 2 is 2.05 bits per heavy atom. The molecule has 3 nitrogen and oxygen atoms in total. The number of nitrogens with one attached hydrogen (secondary N) is 2. The van der Waals surface area contributed by atoms with E-state index in [1.54, 1.807) is 0 Å². The van der Waals surface area contributed by atoms with E-state index < -0.39 is 0 Å². The summed E-state index contributed by atoms with van der Waals surface area (Å²) in [6.45, 7) is 7.16. The molecule has 2 rings (SSSR count). The lowest BCUT2D eigenvalue weighted by Gasteiger charge is -2.28. The number of rotatable bonds is 4. The second kappa shape index (κ2) is 5.74. The van der Waals surface area contributed by atoms with E-state index in [0.717, 1.165) is 49.0 Å². The number of amides is 1. The fourth-order valence-corrected chi connectivity index (χ4v) is 3.00. The minimum absolute atomic E-state index is 0.129. The summed E-state index contributed by atoms with van der Waals surface area (Å²) in [5, 5.41) is 6.56. The number of benzene rings is 1. The minimum Gasteiger partial charge on any atom is -0.324 e. The van der Waals surface area contributed by atoms with Crippen LogP contribution in [0.3, 0.4) is 0 Å². The van der Waals surface area contributed by atoms with Crippen molar-refractivity contribution in [2.45, 2.75) is 52.0 Å². The molecule has 1 heterocycles. The predicted molar refractivity (Wildman–Crippen MR) is 79.4 cm³/mol. The van der Waals surface area contributed by atoms with Crippen LogP contribution in [0.5, 0.6) is 0 Å². The van der Waals surface area contributed by atoms with Crippen LogP contribution in [0.15, 0.2) is 18.2 Å². The average molecular weight is 260 g/mol. The van der Waals surface area contributed by atoms with Gasteiger partial charge in [0, 0.05) is 5.69 Å². The highest BCUT2D eigenvalue weighted by Gasteiger charge is 2.40. The molecule has 1 saturated heterocycles. The molecule has 3 heteroatoms. The number of hydrogen-bond acceptors (Lipinski definition) is 2. The SMILES string of the molecule is CCCC1(C(=O)Nc2c(C)cccc2C)CCCN1. The quantitative estimate of drug-likeness (QED) is 0.873. The Hall–Kier alpha value is -1.35. The molecule has 1 aliphatic heterocycles. The number of hydrogen-bond donors (Lipinski definition) is 2. The van der Waals surface area contributed by atoms with Crippen LogP contribution >= 0.6 is 0 Å². The average Bonchev–Trinajstić information content (AvgIpc) is 2.84. The van der Waals surface area contributed by atoms with Crippen molar-refractivity contribution in [2.75, 3.05) is 11.9 Å². The molecule has 1 unspecified atom stereocenters. The molecular formula is C16H24N2O. The van der Waals surface area contributed by atoms with Gasteiger partial charge < -0.3 is 10.6 Å². The van der Waals surface area contributed by atoms with Crippen molar-refractivity contribution in [1.82, 2.24) is 5.32 Å². The van der Waals surface area contributed by atoms with Crippen molar-refractivity contribution in [1.29, 1.82) is 0 Å². The number of carbonyl (C=O) groups excluding carboxylic acids is 1. The van der Waals surface area contributed by atoms with E-state index in [4.69, 9.17) is 0 Å². The first-order valence-corrected chi connectivity index (χ1v) is 7.22. The molecular weight excluding hydrogens is 236 g/mol. The van der Waals surface area contributed by atoms with E-state index in [1.807, 2.05) is 32.0 Å². The van der Waals surface area contributed by atoms with Crippen molar-refractivity contribution < 1.29 is 4.79 Å². The number of aryl methyl sites for hydroxylation is 2. The third-order valence-corrected chi connectivity index (χ3v) is 4.07. The smallest absolute Gasteiger partial charge is 0.244 e. The zero-order chi connectivity index (χ0) is 13.9. The van der Waals surface area contributed by atoms with Crippen molar-refractivity contribution in [3.8, 4) is 0 Å². The monoisotopic (exact) mass is 260 g/mol. The van der Waals surface area contributed by atoms with Crippen LogP contribution in [0.2, 0.25) is 0 Å². The van der Waals surface area contributed by atoms with Gasteiger partial charge in [-0.05, 0) is 50.8 Å². The van der Waals surface area contributed by atoms with Crippen molar-refractivity contribution in [3.63, 3.8) is 0 Å². The molecule has 0 spiro atoms. The molecule has 1 fully saturated rings. The largest absolute Gasteiger partial charge is 0.324 e. The number of para-hydroxylation sites is 1. The molecule has 19 heavy (non-hydrogen) atoms. The summed E-state index contributed by atoms with van der Waals surface area (Å²) in [7, 11) is 0. The minimum atomic E-state index is -0.358. The first kappa shape index (κ1) is 14.1. The van der Waals surface area contributed by atoms with Crippen LogP contribution in [0, 0.1) is 13.8 Å². The molecule has 0 aromatic heterocycles. The molecule has 1 aliphatic rings. The normalized spacial score (nSPS) is 22.5. The summed E-state index contributed by atoms with van der Waals surface area (Å²) in [5.41, 5.74) is 2.86. The van der Waals surface area contributed by atoms with Gasteiger partial charge in [0.25, 0.3) is 0 Å². The maximum Gasteiger partial charge on any atom is 0.244 e. The summed E-state index contributed by atoms with van der Waals surface area (Å²) in [6, 6.07) is 6.10. The topological polar surface area (TPSA) is 41.1 Å². The summed E-state index contributed by atoms with van der Waals surface area (Å²) in [6.07, 6.45) is 3.95. The Morgan fingerprint density at radius 1 is 1.37 bits per heavy atom. The lowest BCUT2D eigenvalue weighted by Crippen LogP contribution is -2.50. The van der Waals surface area contributed by atoms with Crippen LogP contribution in [-0.4, -0.2) is 18.0 Å². The fraction of sp³-hybridized carbons (Fsp3) is 0.562. The van der Waals surface area contributed by atoms with Crippen LogP contribution in [0.25, 0.3) is 0 Å². The standard InChI is InChI=1S/C16H24N2O/c1-4-9-16(10-6-11-17-16)15(19)18-14-12(2)7-5-8-13(14)3/h5,7-8,17H,4,6,9-11H2,1-3H3,(H,18,19). The lowest BCUT2D eigenvalue weighted by molar-refractivity contribution is -0.122. The van der Waals surface area contributed by atoms with Crippen LogP contribution in [0.4, 0.5) is 5.69 Å². The van der Waals surface area contributed by atoms with Gasteiger partial charge in [-0.1, -0.05) is 31.5 Å². The Balaban J connectivity index is 2.20. The molecule has 1 amide bonds. The van der Waals surface area contributed by atoms with Crippen molar-refractivity contribution in [3.05, 3.63) is 29.3 Å². The van der Waals surface area contributed by atoms with E-state index in [-0.39, 0.29) is 11.4 Å². The third-order valence-electron chi connectivity index (χ3n) is 4.07. The molecule has 0 bridgehead atoms. The highest BCUT2D eigenvalue weighted by atomic mass is 16.2. The first-order valence-electron chi connectivity index (χ1n) is 7.22. The second-order valence-electron chi connectivity index (χ2n) is 5.58. The summed E-state index contributed by atoms with van der Waals surface area (Å²) >= 11 is 0. The van der Waals surface area contributed by atoms with Gasteiger partial charge in [0.2, 0.25) is 5.91 Å². The summed E-state index contributed by atoms with van der Waals surface area (Å²) in [4.78, 5) is 12.7. The summed E-state index contributed by atoms with van der Waals surface area (Å²) < 4.78 is 0. The lowest BCUT2D eigenvalue weighted by atomic mass is 9.90. The molecule has 0 radical (unpaired) electrons. The van der Waals surface area contributed by atoms with Gasteiger partial charge in [0.05, 0.1) is 5.54 Å². The van der Waals surface area contributed by atoms with E-state index in [1.165, 1.54) is 0 Å². The zero-order valence-electron chi connectivity index (χ0n) is 12.2. The molecule has 1 aromatic carbocycles. The maximum absolute atomic E-state index is 12.7. The van der Waals surface area contributed by atoms with Crippen LogP contribution < -0.4 is 10.6 Å². The predicted octanol–water partition coefficient (Wildman–Crippen LogP) is 3.16. The van der Waals surface area contributed by atoms with Gasteiger partial charge in [0.1, 0.15) is 0 Å². The third kappa shape index (κ3) is 2.81. The van der Waals surface area contributed by atoms with E-state index in [9.17, 15) is 4.79 Å². The van der Waals surface area contributed by atoms with E-state index >= 15 is 0 Å². The maximum atomic E-state index is 12.7. The highest BCUT2D eigenvalue weighted by molar-refractivity contribution is 5.99. The van der Waals surface area contributed by atoms with E-state index in [2.05, 4.69) is 17.6 Å². The van der Waals surface area contributed by atoms with Crippen molar-refractivity contribution >= 4 is 11.6 Å². The Kier molecular flexibility index (Phi) is 4.25. The first-order chi connectivity index (χ1) is 9.09. The molecule has 2 N–H and O–H groups in total. The summed E-state index contributed by atoms with van der Waals surface area (Å²) in [5.74, 6) is 0.129. The molecule has 0 aliphatic carbocycles. The van der Waals surface area contributed by atoms with Gasteiger partial charge in [-0.25, -0.2) is 0 Å². The van der Waals surface area contributed by atoms with Gasteiger partial charge in [-0.3, -0.25) is 4.79 Å². The fourth-order valence-electron chi connectivity index (χ4n) is 3.00. The molecule has 104 valence electrons. The number of carbonyl (C=O) groups is 1. The Bertz CT molecular complexity index is 442. The second-order valence-corrected chi connectivity index (χ2v) is 5.58. The Labute approximate surface area is 115 Å². The zero-order valence-corrected chi connectivity index (χ0v) is 12.2. The van der Waals surface area contributed by atoms with Crippen LogP contribution in [-0.2, 0) is 4.79 Å². The van der Waals surface area contributed by atoms with Gasteiger partial charge in [0.15, 0.2) is 0 Å². The number of anilines is 1. The molecule has 0 saturated carbocycles. The van der Waals surface area contributed by atoms with Gasteiger partial charge in [-0.2, -0.15) is 0 Å². The van der Waals surface area contributed by atoms with Crippen LogP contribution in [0.1, 0.15) is 43.7 Å². The molecule has 1 atom stereocenters. The van der Waals surface area contributed by atoms with E-state index in [0.29, 0.717) is 0 Å². The Morgan fingerprint density at radius 3 is 2.58 bits per heavy atom. The molecule has 1 aromatic rings. The van der Waals surface area contributed by atoms with Gasteiger partial charge in [-0.15, -0.1) is 0 Å².